The third kappa shape index (κ3) is 4.17. The fourth-order valence-corrected chi connectivity index (χ4v) is 3.89. The molecule has 2 aromatic carbocycles. The van der Waals surface area contributed by atoms with Crippen molar-refractivity contribution < 1.29 is 28.6 Å². The molecule has 7 nitrogen and oxygen atoms in total. The summed E-state index contributed by atoms with van der Waals surface area (Å²) in [5.41, 5.74) is 1.76. The first-order valence-electron chi connectivity index (χ1n) is 10.4. The lowest BCUT2D eigenvalue weighted by Crippen LogP contribution is -2.29. The van der Waals surface area contributed by atoms with Crippen molar-refractivity contribution in [1.82, 2.24) is 9.88 Å². The molecule has 1 N–H and O–H groups in total. The van der Waals surface area contributed by atoms with Crippen LogP contribution in [0.3, 0.4) is 0 Å². The zero-order valence-corrected chi connectivity index (χ0v) is 18.5. The summed E-state index contributed by atoms with van der Waals surface area (Å²) in [5.74, 6) is -3.25. The molecule has 1 atom stereocenters. The molecule has 2 heterocycles. The molecule has 1 saturated heterocycles. The number of methoxy groups -OCH3 is 1. The minimum absolute atomic E-state index is 0.0564. The Balaban J connectivity index is 1.86. The number of aliphatic hydroxyl groups excluding tert-OH is 1. The maximum absolute atomic E-state index is 14.2. The van der Waals surface area contributed by atoms with Gasteiger partial charge in [-0.2, -0.15) is 0 Å². The van der Waals surface area contributed by atoms with E-state index in [2.05, 4.69) is 4.98 Å². The van der Waals surface area contributed by atoms with Gasteiger partial charge in [0.2, 0.25) is 0 Å². The number of benzene rings is 2. The number of rotatable bonds is 5. The molecular formula is C26H21FN2O5. The highest BCUT2D eigenvalue weighted by Crippen LogP contribution is 2.40. The first kappa shape index (κ1) is 22.8. The summed E-state index contributed by atoms with van der Waals surface area (Å²) >= 11 is 0. The Kier molecular flexibility index (Phi) is 6.23. The van der Waals surface area contributed by atoms with Crippen LogP contribution >= 0.6 is 0 Å². The van der Waals surface area contributed by atoms with Gasteiger partial charge in [-0.1, -0.05) is 30.3 Å². The molecule has 1 unspecified atom stereocenters. The molecule has 1 aliphatic heterocycles. The Morgan fingerprint density at radius 1 is 1.12 bits per heavy atom. The Bertz CT molecular complexity index is 1300. The SMILES string of the molecule is COC(=O)c1ccc(C2/C(=C(/O)c3ccc(C)c(F)c3)C(=O)C(=O)N2Cc2cccnc2)cc1. The predicted molar refractivity (Wildman–Crippen MR) is 121 cm³/mol. The second-order valence-corrected chi connectivity index (χ2v) is 7.87. The largest absolute Gasteiger partial charge is 0.507 e. The standard InChI is InChI=1S/C26H21FN2O5/c1-15-5-6-19(12-20(15)27)23(30)21-22(17-7-9-18(10-8-17)26(33)34-2)29(25(32)24(21)31)14-16-4-3-11-28-13-16/h3-13,22,30H,14H2,1-2H3/b23-21-. The molecule has 1 amide bonds. The number of Topliss-reactive ketones (excluding diaryl/α,β-unsaturated/α-hetero) is 1. The number of likely N-dealkylation sites (tertiary alicyclic amines) is 1. The van der Waals surface area contributed by atoms with Crippen LogP contribution in [0, 0.1) is 12.7 Å². The number of hydrogen-bond acceptors (Lipinski definition) is 6. The molecule has 0 spiro atoms. The first-order chi connectivity index (χ1) is 16.3. The van der Waals surface area contributed by atoms with Crippen LogP contribution in [0.25, 0.3) is 5.76 Å². The van der Waals surface area contributed by atoms with E-state index in [0.717, 1.165) is 6.07 Å². The second-order valence-electron chi connectivity index (χ2n) is 7.87. The number of nitrogens with zero attached hydrogens (tertiary/aromatic N) is 2. The summed E-state index contributed by atoms with van der Waals surface area (Å²) in [6.45, 7) is 1.63. The molecule has 1 aliphatic rings. The van der Waals surface area contributed by atoms with Crippen molar-refractivity contribution in [2.75, 3.05) is 7.11 Å². The maximum Gasteiger partial charge on any atom is 0.337 e. The zero-order chi connectivity index (χ0) is 24.4. The summed E-state index contributed by atoms with van der Waals surface area (Å²) in [4.78, 5) is 43.3. The average molecular weight is 460 g/mol. The minimum Gasteiger partial charge on any atom is -0.507 e. The van der Waals surface area contributed by atoms with Crippen LogP contribution in [-0.2, 0) is 20.9 Å². The Hall–Kier alpha value is -4.33. The van der Waals surface area contributed by atoms with Crippen LogP contribution in [0.15, 0.2) is 72.6 Å². The van der Waals surface area contributed by atoms with Gasteiger partial charge in [0.25, 0.3) is 11.7 Å². The molecule has 3 aromatic rings. The van der Waals surface area contributed by atoms with Crippen molar-refractivity contribution in [2.45, 2.75) is 19.5 Å². The number of esters is 1. The van der Waals surface area contributed by atoms with Gasteiger partial charge in [-0.25, -0.2) is 9.18 Å². The van der Waals surface area contributed by atoms with Crippen molar-refractivity contribution in [3.05, 3.63) is 106 Å². The van der Waals surface area contributed by atoms with Crippen molar-refractivity contribution in [1.29, 1.82) is 0 Å². The summed E-state index contributed by atoms with van der Waals surface area (Å²) < 4.78 is 18.9. The number of aliphatic hydroxyl groups is 1. The van der Waals surface area contributed by atoms with Gasteiger partial charge in [0, 0.05) is 24.5 Å². The van der Waals surface area contributed by atoms with Crippen LogP contribution in [0.1, 0.15) is 38.7 Å². The number of ketones is 1. The van der Waals surface area contributed by atoms with Crippen LogP contribution in [0.4, 0.5) is 4.39 Å². The average Bonchev–Trinajstić information content (AvgIpc) is 3.10. The van der Waals surface area contributed by atoms with Gasteiger partial charge in [0.05, 0.1) is 24.3 Å². The van der Waals surface area contributed by atoms with Gasteiger partial charge in [0.15, 0.2) is 0 Å². The summed E-state index contributed by atoms with van der Waals surface area (Å²) in [7, 11) is 1.26. The number of amides is 1. The lowest BCUT2D eigenvalue weighted by molar-refractivity contribution is -0.140. The van der Waals surface area contributed by atoms with Crippen LogP contribution in [-0.4, -0.2) is 39.8 Å². The monoisotopic (exact) mass is 460 g/mol. The van der Waals surface area contributed by atoms with E-state index in [0.29, 0.717) is 16.7 Å². The number of halogens is 1. The topological polar surface area (TPSA) is 96.8 Å². The van der Waals surface area contributed by atoms with E-state index in [-0.39, 0.29) is 23.2 Å². The fourth-order valence-electron chi connectivity index (χ4n) is 3.89. The Labute approximate surface area is 195 Å². The summed E-state index contributed by atoms with van der Waals surface area (Å²) in [6, 6.07) is 12.8. The number of hydrogen-bond donors (Lipinski definition) is 1. The highest BCUT2D eigenvalue weighted by Gasteiger charge is 2.46. The zero-order valence-electron chi connectivity index (χ0n) is 18.5. The fraction of sp³-hybridized carbons (Fsp3) is 0.154. The Morgan fingerprint density at radius 3 is 2.44 bits per heavy atom. The number of carbonyl (C=O) groups is 3. The number of aromatic nitrogens is 1. The van der Waals surface area contributed by atoms with E-state index in [9.17, 15) is 23.9 Å². The second kappa shape index (κ2) is 9.27. The van der Waals surface area contributed by atoms with Crippen molar-refractivity contribution in [3.8, 4) is 0 Å². The molecule has 1 fully saturated rings. The number of carbonyl (C=O) groups excluding carboxylic acids is 3. The smallest absolute Gasteiger partial charge is 0.337 e. The highest BCUT2D eigenvalue weighted by atomic mass is 19.1. The van der Waals surface area contributed by atoms with Crippen LogP contribution in [0.5, 0.6) is 0 Å². The lowest BCUT2D eigenvalue weighted by Gasteiger charge is -2.25. The van der Waals surface area contributed by atoms with Gasteiger partial charge < -0.3 is 14.7 Å². The third-order valence-electron chi connectivity index (χ3n) is 5.71. The first-order valence-corrected chi connectivity index (χ1v) is 10.4. The third-order valence-corrected chi connectivity index (χ3v) is 5.71. The molecular weight excluding hydrogens is 439 g/mol. The minimum atomic E-state index is -0.962. The van der Waals surface area contributed by atoms with E-state index >= 15 is 0 Å². The van der Waals surface area contributed by atoms with E-state index in [1.807, 2.05) is 0 Å². The molecule has 4 rings (SSSR count). The molecule has 0 radical (unpaired) electrons. The highest BCUT2D eigenvalue weighted by molar-refractivity contribution is 6.46. The normalized spacial score (nSPS) is 17.1. The molecule has 0 bridgehead atoms. The van der Waals surface area contributed by atoms with E-state index in [4.69, 9.17) is 4.74 Å². The number of aryl methyl sites for hydroxylation is 1. The number of pyridine rings is 1. The lowest BCUT2D eigenvalue weighted by atomic mass is 9.94. The van der Waals surface area contributed by atoms with Crippen molar-refractivity contribution in [2.24, 2.45) is 0 Å². The van der Waals surface area contributed by atoms with Gasteiger partial charge in [-0.05, 0) is 47.9 Å². The van der Waals surface area contributed by atoms with Crippen molar-refractivity contribution in [3.63, 3.8) is 0 Å². The van der Waals surface area contributed by atoms with Gasteiger partial charge in [-0.3, -0.25) is 14.6 Å². The van der Waals surface area contributed by atoms with Gasteiger partial charge >= 0.3 is 5.97 Å². The van der Waals surface area contributed by atoms with Gasteiger partial charge in [0.1, 0.15) is 11.6 Å². The van der Waals surface area contributed by atoms with Crippen LogP contribution < -0.4 is 0 Å². The molecule has 172 valence electrons. The van der Waals surface area contributed by atoms with E-state index < -0.39 is 35.3 Å². The number of ether oxygens (including phenoxy) is 1. The molecule has 34 heavy (non-hydrogen) atoms. The maximum atomic E-state index is 14.2. The van der Waals surface area contributed by atoms with Crippen LogP contribution in [0.2, 0.25) is 0 Å². The Morgan fingerprint density at radius 2 is 1.82 bits per heavy atom. The molecule has 0 aliphatic carbocycles. The molecule has 1 aromatic heterocycles. The predicted octanol–water partition coefficient (Wildman–Crippen LogP) is 3.94. The molecule has 0 saturated carbocycles. The van der Waals surface area contributed by atoms with E-state index in [1.165, 1.54) is 36.3 Å². The quantitative estimate of drug-likeness (QED) is 0.268. The summed E-state index contributed by atoms with van der Waals surface area (Å²) in [5, 5.41) is 11.0. The summed E-state index contributed by atoms with van der Waals surface area (Å²) in [6.07, 6.45) is 3.17. The van der Waals surface area contributed by atoms with Crippen molar-refractivity contribution >= 4 is 23.4 Å². The van der Waals surface area contributed by atoms with E-state index in [1.54, 1.807) is 43.6 Å². The molecule has 8 heteroatoms. The van der Waals surface area contributed by atoms with Gasteiger partial charge in [-0.15, -0.1) is 0 Å².